The average Bonchev–Trinajstić information content (AvgIpc) is 1.79. The van der Waals surface area contributed by atoms with Crippen LogP contribution in [0.4, 0.5) is 0 Å². The van der Waals surface area contributed by atoms with Crippen LogP contribution >= 0.6 is 0 Å². The molecule has 0 N–H and O–H groups in total. The maximum Gasteiger partial charge on any atom is 0.0811 e. The average molecular weight is 88.1 g/mol. The molecule has 2 atom stereocenters. The van der Waals surface area contributed by atoms with Crippen molar-refractivity contribution >= 4 is 0 Å². The topological polar surface area (TPSA) is 12.5 Å². The smallest absolute Gasteiger partial charge is 0.0811 e. The molecule has 1 aliphatic heterocycles. The van der Waals surface area contributed by atoms with Crippen LogP contribution in [-0.2, 0) is 4.74 Å². The highest BCUT2D eigenvalue weighted by Crippen LogP contribution is 2.18. The highest BCUT2D eigenvalue weighted by atomic mass is 16.6. The third-order valence-corrected chi connectivity index (χ3v) is 1.01. The maximum atomic E-state index is 4.92. The van der Waals surface area contributed by atoms with Gasteiger partial charge in [0.05, 0.1) is 12.2 Å². The summed E-state index contributed by atoms with van der Waals surface area (Å²) < 4.78 is 4.92. The number of ether oxygens (including phenoxy) is 1. The zero-order valence-electron chi connectivity index (χ0n) is 3.56. The Morgan fingerprint density at radius 1 is 1.17 bits per heavy atom. The molecule has 1 heterocycles. The summed E-state index contributed by atoms with van der Waals surface area (Å²) >= 11 is 0. The molecular weight excluding hydrogens is 76.1 g/mol. The van der Waals surface area contributed by atoms with Crippen LogP contribution in [-0.4, -0.2) is 12.2 Å². The fraction of sp³-hybridized carbons (Fsp3) is 1.00. The van der Waals surface area contributed by atoms with E-state index in [1.807, 2.05) is 0 Å². The van der Waals surface area contributed by atoms with Crippen LogP contribution < -0.4 is 0 Å². The predicted octanol–water partition coefficient (Wildman–Crippen LogP) is 1.43. The summed E-state index contributed by atoms with van der Waals surface area (Å²) in [6.07, 6.45) is 1.10. The van der Waals surface area contributed by atoms with Gasteiger partial charge in [0.1, 0.15) is 0 Å². The molecule has 1 aliphatic rings. The third-order valence-electron chi connectivity index (χ3n) is 1.01. The molecule has 0 spiro atoms. The van der Waals surface area contributed by atoms with Gasteiger partial charge in [-0.3, -0.25) is 0 Å². The molecule has 0 aromatic carbocycles. The predicted molar refractivity (Wildman–Crippen MR) is 26.7 cm³/mol. The highest BCUT2D eigenvalue weighted by molar-refractivity contribution is 4.73. The van der Waals surface area contributed by atoms with Crippen molar-refractivity contribution in [1.29, 1.82) is 0 Å². The lowest BCUT2D eigenvalue weighted by Gasteiger charge is -1.57. The second-order valence-corrected chi connectivity index (χ2v) is 1.55. The molecule has 0 bridgehead atoms. The highest BCUT2D eigenvalue weighted by Gasteiger charge is 2.27. The normalized spacial score (nSPS) is 41.0. The summed E-state index contributed by atoms with van der Waals surface area (Å²) in [5.74, 6) is 0. The summed E-state index contributed by atoms with van der Waals surface area (Å²) in [5.41, 5.74) is 0. The minimum atomic E-state index is 0. The Balaban J connectivity index is 0.000000250. The number of rotatable bonds is 0. The quantitative estimate of drug-likeness (QED) is 0.408. The van der Waals surface area contributed by atoms with E-state index >= 15 is 0 Å². The van der Waals surface area contributed by atoms with Crippen LogP contribution in [0.1, 0.15) is 21.3 Å². The van der Waals surface area contributed by atoms with E-state index in [1.54, 1.807) is 0 Å². The van der Waals surface area contributed by atoms with E-state index in [1.165, 1.54) is 0 Å². The van der Waals surface area contributed by atoms with E-state index in [2.05, 4.69) is 13.8 Å². The fourth-order valence-electron chi connectivity index (χ4n) is 0.293. The van der Waals surface area contributed by atoms with Gasteiger partial charge in [-0.05, 0) is 13.8 Å². The molecule has 1 rings (SSSR count). The molecule has 0 aromatic rings. The number of hydrogen-bond donors (Lipinski definition) is 0. The molecular formula is C5H12O. The van der Waals surface area contributed by atoms with Crippen molar-refractivity contribution in [2.75, 3.05) is 0 Å². The lowest BCUT2D eigenvalue weighted by atomic mass is 10.4. The van der Waals surface area contributed by atoms with Crippen molar-refractivity contribution in [3.8, 4) is 0 Å². The summed E-state index contributed by atoms with van der Waals surface area (Å²) in [5, 5.41) is 0. The van der Waals surface area contributed by atoms with Gasteiger partial charge < -0.3 is 4.74 Å². The van der Waals surface area contributed by atoms with Crippen molar-refractivity contribution in [1.82, 2.24) is 0 Å². The van der Waals surface area contributed by atoms with Gasteiger partial charge >= 0.3 is 0 Å². The van der Waals surface area contributed by atoms with Crippen LogP contribution in [0.5, 0.6) is 0 Å². The van der Waals surface area contributed by atoms with Crippen molar-refractivity contribution in [2.45, 2.75) is 33.5 Å². The maximum absolute atomic E-state index is 4.92. The molecule has 6 heavy (non-hydrogen) atoms. The summed E-state index contributed by atoms with van der Waals surface area (Å²) in [4.78, 5) is 0. The Labute approximate surface area is 39.3 Å². The molecule has 38 valence electrons. The Kier molecular flexibility index (Phi) is 1.59. The Hall–Kier alpha value is -0.0400. The molecule has 2 unspecified atom stereocenters. The van der Waals surface area contributed by atoms with E-state index in [0.717, 1.165) is 0 Å². The van der Waals surface area contributed by atoms with Crippen molar-refractivity contribution in [3.63, 3.8) is 0 Å². The van der Waals surface area contributed by atoms with E-state index in [4.69, 9.17) is 4.74 Å². The first-order chi connectivity index (χ1) is 2.30. The molecule has 1 saturated heterocycles. The Morgan fingerprint density at radius 2 is 1.33 bits per heavy atom. The van der Waals surface area contributed by atoms with Crippen LogP contribution in [0.15, 0.2) is 0 Å². The molecule has 1 heteroatoms. The van der Waals surface area contributed by atoms with E-state index in [0.29, 0.717) is 12.2 Å². The number of epoxide rings is 1. The SMILES string of the molecule is C.CC1OC1C. The Morgan fingerprint density at radius 3 is 1.33 bits per heavy atom. The lowest BCUT2D eigenvalue weighted by molar-refractivity contribution is 0.389. The zero-order chi connectivity index (χ0) is 3.86. The second kappa shape index (κ2) is 1.61. The second-order valence-electron chi connectivity index (χ2n) is 1.55. The van der Waals surface area contributed by atoms with Gasteiger partial charge in [-0.25, -0.2) is 0 Å². The van der Waals surface area contributed by atoms with Crippen molar-refractivity contribution in [3.05, 3.63) is 0 Å². The molecule has 1 nitrogen and oxygen atoms in total. The van der Waals surface area contributed by atoms with Gasteiger partial charge in [0.15, 0.2) is 0 Å². The van der Waals surface area contributed by atoms with Crippen LogP contribution in [0, 0.1) is 0 Å². The van der Waals surface area contributed by atoms with Crippen LogP contribution in [0.3, 0.4) is 0 Å². The van der Waals surface area contributed by atoms with Gasteiger partial charge in [0.25, 0.3) is 0 Å². The largest absolute Gasteiger partial charge is 0.370 e. The first-order valence-corrected chi connectivity index (χ1v) is 1.96. The summed E-state index contributed by atoms with van der Waals surface area (Å²) in [7, 11) is 0. The molecule has 0 amide bonds. The monoisotopic (exact) mass is 88.1 g/mol. The van der Waals surface area contributed by atoms with Gasteiger partial charge in [0.2, 0.25) is 0 Å². The fourth-order valence-corrected chi connectivity index (χ4v) is 0.293. The first-order valence-electron chi connectivity index (χ1n) is 1.96. The summed E-state index contributed by atoms with van der Waals surface area (Å²) in [6, 6.07) is 0. The van der Waals surface area contributed by atoms with Gasteiger partial charge in [-0.15, -0.1) is 0 Å². The minimum Gasteiger partial charge on any atom is -0.370 e. The van der Waals surface area contributed by atoms with E-state index < -0.39 is 0 Å². The first kappa shape index (κ1) is 5.96. The standard InChI is InChI=1S/C4H8O.CH4/c1-3-4(2)5-3;/h3-4H,1-2H3;1H4. The van der Waals surface area contributed by atoms with Crippen molar-refractivity contribution < 1.29 is 4.74 Å². The number of hydrogen-bond acceptors (Lipinski definition) is 1. The van der Waals surface area contributed by atoms with Gasteiger partial charge in [-0.1, -0.05) is 7.43 Å². The van der Waals surface area contributed by atoms with Crippen molar-refractivity contribution in [2.24, 2.45) is 0 Å². The van der Waals surface area contributed by atoms with E-state index in [-0.39, 0.29) is 7.43 Å². The summed E-state index contributed by atoms with van der Waals surface area (Å²) in [6.45, 7) is 4.15. The van der Waals surface area contributed by atoms with E-state index in [9.17, 15) is 0 Å². The van der Waals surface area contributed by atoms with Gasteiger partial charge in [0, 0.05) is 0 Å². The third kappa shape index (κ3) is 0.977. The zero-order valence-corrected chi connectivity index (χ0v) is 3.56. The molecule has 0 aromatic heterocycles. The molecule has 0 aliphatic carbocycles. The minimum absolute atomic E-state index is 0. The molecule has 0 radical (unpaired) electrons. The Bertz CT molecular complexity index is 37.2. The van der Waals surface area contributed by atoms with Crippen LogP contribution in [0.2, 0.25) is 0 Å². The van der Waals surface area contributed by atoms with Crippen LogP contribution in [0.25, 0.3) is 0 Å². The lowest BCUT2D eigenvalue weighted by Crippen LogP contribution is -1.74. The molecule has 1 fully saturated rings. The molecule has 0 saturated carbocycles. The van der Waals surface area contributed by atoms with Gasteiger partial charge in [-0.2, -0.15) is 0 Å².